The Labute approximate surface area is 126 Å². The van der Waals surface area contributed by atoms with Crippen LogP contribution in [0.15, 0.2) is 41.3 Å². The van der Waals surface area contributed by atoms with Crippen molar-refractivity contribution in [2.45, 2.75) is 17.6 Å². The topological polar surface area (TPSA) is 46.5 Å². The summed E-state index contributed by atoms with van der Waals surface area (Å²) in [7, 11) is 1.58. The van der Waals surface area contributed by atoms with Crippen molar-refractivity contribution in [1.29, 1.82) is 0 Å². The monoisotopic (exact) mass is 306 g/mol. The number of methoxy groups -OCH3 is 1. The summed E-state index contributed by atoms with van der Waals surface area (Å²) in [4.78, 5) is 12.3. The van der Waals surface area contributed by atoms with Gasteiger partial charge in [0.05, 0.1) is 12.7 Å². The van der Waals surface area contributed by atoms with Crippen molar-refractivity contribution in [1.82, 2.24) is 0 Å². The van der Waals surface area contributed by atoms with Crippen LogP contribution in [0.5, 0.6) is 11.5 Å². The van der Waals surface area contributed by atoms with E-state index in [1.54, 1.807) is 7.11 Å². The van der Waals surface area contributed by atoms with Gasteiger partial charge in [-0.2, -0.15) is 0 Å². The minimum absolute atomic E-state index is 0.00521. The molecule has 0 spiro atoms. The number of benzene rings is 2. The Balaban J connectivity index is 2.26. The summed E-state index contributed by atoms with van der Waals surface area (Å²) in [5.74, 6) is -0.00907. The standard InChI is InChI=1S/C16H15FO3S/c1-10(18)13-8-12(17)7-11(16(13)19)9-21-15-6-4-3-5-14(15)20-2/h3-8,19H,9H2,1-2H3. The Hall–Kier alpha value is -2.01. The third-order valence-corrected chi connectivity index (χ3v) is 4.09. The van der Waals surface area contributed by atoms with Crippen molar-refractivity contribution in [2.24, 2.45) is 0 Å². The van der Waals surface area contributed by atoms with Gasteiger partial charge < -0.3 is 9.84 Å². The number of hydrogen-bond acceptors (Lipinski definition) is 4. The van der Waals surface area contributed by atoms with Crippen LogP contribution in [-0.2, 0) is 5.75 Å². The molecule has 0 aliphatic heterocycles. The van der Waals surface area contributed by atoms with Crippen LogP contribution in [0.1, 0.15) is 22.8 Å². The van der Waals surface area contributed by atoms with Crippen LogP contribution in [0.4, 0.5) is 4.39 Å². The number of ketones is 1. The first-order valence-corrected chi connectivity index (χ1v) is 7.29. The molecule has 0 bridgehead atoms. The number of hydrogen-bond donors (Lipinski definition) is 1. The molecule has 2 rings (SSSR count). The van der Waals surface area contributed by atoms with E-state index < -0.39 is 5.82 Å². The molecular weight excluding hydrogens is 291 g/mol. The number of Topliss-reactive ketones (excluding diaryl/α,β-unsaturated/α-hetero) is 1. The number of para-hydroxylation sites is 1. The third kappa shape index (κ3) is 3.55. The van der Waals surface area contributed by atoms with Crippen LogP contribution < -0.4 is 4.74 Å². The molecule has 0 aromatic heterocycles. The number of carbonyl (C=O) groups is 1. The van der Waals surface area contributed by atoms with Gasteiger partial charge >= 0.3 is 0 Å². The molecule has 0 amide bonds. The van der Waals surface area contributed by atoms with Crippen molar-refractivity contribution in [3.63, 3.8) is 0 Å². The molecule has 0 radical (unpaired) electrons. The Morgan fingerprint density at radius 2 is 2.05 bits per heavy atom. The van der Waals surface area contributed by atoms with Crippen molar-refractivity contribution in [3.05, 3.63) is 53.3 Å². The highest BCUT2D eigenvalue weighted by Crippen LogP contribution is 2.34. The van der Waals surface area contributed by atoms with Gasteiger partial charge in [-0.25, -0.2) is 4.39 Å². The largest absolute Gasteiger partial charge is 0.507 e. The lowest BCUT2D eigenvalue weighted by atomic mass is 10.1. The normalized spacial score (nSPS) is 10.4. The molecule has 0 aliphatic carbocycles. The fourth-order valence-electron chi connectivity index (χ4n) is 1.93. The minimum Gasteiger partial charge on any atom is -0.507 e. The lowest BCUT2D eigenvalue weighted by Crippen LogP contribution is -1.97. The van der Waals surface area contributed by atoms with Crippen molar-refractivity contribution < 1.29 is 19.0 Å². The van der Waals surface area contributed by atoms with Crippen LogP contribution in [0.25, 0.3) is 0 Å². The van der Waals surface area contributed by atoms with Crippen LogP contribution in [0.2, 0.25) is 0 Å². The number of thioether (sulfide) groups is 1. The lowest BCUT2D eigenvalue weighted by Gasteiger charge is -2.10. The quantitative estimate of drug-likeness (QED) is 0.669. The number of phenols is 1. The third-order valence-electron chi connectivity index (χ3n) is 2.99. The zero-order chi connectivity index (χ0) is 15.4. The Morgan fingerprint density at radius 1 is 1.33 bits per heavy atom. The van der Waals surface area contributed by atoms with E-state index in [4.69, 9.17) is 4.74 Å². The van der Waals surface area contributed by atoms with Gasteiger partial charge in [0, 0.05) is 16.2 Å². The minimum atomic E-state index is -0.534. The van der Waals surface area contributed by atoms with Crippen LogP contribution >= 0.6 is 11.8 Å². The highest BCUT2D eigenvalue weighted by Gasteiger charge is 2.14. The van der Waals surface area contributed by atoms with Gasteiger partial charge in [-0.1, -0.05) is 12.1 Å². The summed E-state index contributed by atoms with van der Waals surface area (Å²) in [5.41, 5.74) is 0.390. The van der Waals surface area contributed by atoms with Crippen molar-refractivity contribution in [2.75, 3.05) is 7.11 Å². The van der Waals surface area contributed by atoms with Gasteiger partial charge in [-0.15, -0.1) is 11.8 Å². The number of aromatic hydroxyl groups is 1. The molecule has 0 fully saturated rings. The Morgan fingerprint density at radius 3 is 2.71 bits per heavy atom. The molecule has 2 aromatic carbocycles. The predicted molar refractivity (Wildman–Crippen MR) is 80.6 cm³/mol. The predicted octanol–water partition coefficient (Wildman–Crippen LogP) is 4.03. The molecule has 1 N–H and O–H groups in total. The van der Waals surface area contributed by atoms with Gasteiger partial charge in [-0.3, -0.25) is 4.79 Å². The molecule has 0 aliphatic rings. The molecule has 5 heteroatoms. The fraction of sp³-hybridized carbons (Fsp3) is 0.188. The smallest absolute Gasteiger partial charge is 0.163 e. The molecule has 0 saturated heterocycles. The molecule has 2 aromatic rings. The Kier molecular flexibility index (Phi) is 4.85. The second-order valence-corrected chi connectivity index (χ2v) is 5.47. The number of phenolic OH excluding ortho intramolecular Hbond substituents is 1. The van der Waals surface area contributed by atoms with E-state index >= 15 is 0 Å². The summed E-state index contributed by atoms with van der Waals surface area (Å²) in [6, 6.07) is 9.73. The first-order chi connectivity index (χ1) is 10.0. The summed E-state index contributed by atoms with van der Waals surface area (Å²) < 4.78 is 18.8. The maximum atomic E-state index is 13.5. The molecule has 0 unspecified atom stereocenters. The highest BCUT2D eigenvalue weighted by molar-refractivity contribution is 7.98. The van der Waals surface area contributed by atoms with E-state index in [-0.39, 0.29) is 17.1 Å². The number of rotatable bonds is 5. The molecule has 0 heterocycles. The second kappa shape index (κ2) is 6.63. The van der Waals surface area contributed by atoms with Gasteiger partial charge in [-0.05, 0) is 31.2 Å². The average molecular weight is 306 g/mol. The number of carbonyl (C=O) groups excluding carboxylic acids is 1. The van der Waals surface area contributed by atoms with Gasteiger partial charge in [0.1, 0.15) is 17.3 Å². The van der Waals surface area contributed by atoms with E-state index in [0.717, 1.165) is 11.0 Å². The zero-order valence-corrected chi connectivity index (χ0v) is 12.5. The summed E-state index contributed by atoms with van der Waals surface area (Å²) in [6.45, 7) is 1.30. The van der Waals surface area contributed by atoms with E-state index in [1.807, 2.05) is 24.3 Å². The van der Waals surface area contributed by atoms with Gasteiger partial charge in [0.2, 0.25) is 0 Å². The van der Waals surface area contributed by atoms with Crippen LogP contribution in [-0.4, -0.2) is 18.0 Å². The average Bonchev–Trinajstić information content (AvgIpc) is 2.47. The molecule has 3 nitrogen and oxygen atoms in total. The summed E-state index contributed by atoms with van der Waals surface area (Å²) in [5, 5.41) is 10.1. The molecule has 21 heavy (non-hydrogen) atoms. The zero-order valence-electron chi connectivity index (χ0n) is 11.7. The highest BCUT2D eigenvalue weighted by atomic mass is 32.2. The fourth-order valence-corrected chi connectivity index (χ4v) is 2.93. The van der Waals surface area contributed by atoms with Gasteiger partial charge in [0.25, 0.3) is 0 Å². The van der Waals surface area contributed by atoms with E-state index in [0.29, 0.717) is 17.1 Å². The van der Waals surface area contributed by atoms with Crippen molar-refractivity contribution in [3.8, 4) is 11.5 Å². The van der Waals surface area contributed by atoms with E-state index in [1.165, 1.54) is 24.8 Å². The maximum absolute atomic E-state index is 13.5. The Bertz CT molecular complexity index is 671. The lowest BCUT2D eigenvalue weighted by molar-refractivity contribution is 0.101. The van der Waals surface area contributed by atoms with Crippen molar-refractivity contribution >= 4 is 17.5 Å². The first kappa shape index (κ1) is 15.4. The van der Waals surface area contributed by atoms with E-state index in [2.05, 4.69) is 0 Å². The first-order valence-electron chi connectivity index (χ1n) is 6.31. The second-order valence-electron chi connectivity index (χ2n) is 4.46. The molecular formula is C16H15FO3S. The molecule has 0 atom stereocenters. The SMILES string of the molecule is COc1ccccc1SCc1cc(F)cc(C(C)=O)c1O. The molecule has 0 saturated carbocycles. The molecule has 110 valence electrons. The van der Waals surface area contributed by atoms with Crippen LogP contribution in [0, 0.1) is 5.82 Å². The van der Waals surface area contributed by atoms with E-state index in [9.17, 15) is 14.3 Å². The maximum Gasteiger partial charge on any atom is 0.163 e. The number of halogens is 1. The van der Waals surface area contributed by atoms with Gasteiger partial charge in [0.15, 0.2) is 5.78 Å². The summed E-state index contributed by atoms with van der Waals surface area (Å²) >= 11 is 1.41. The number of ether oxygens (including phenoxy) is 1. The van der Waals surface area contributed by atoms with Crippen LogP contribution in [0.3, 0.4) is 0 Å². The summed E-state index contributed by atoms with van der Waals surface area (Å²) in [6.07, 6.45) is 0.